The molecule has 250 valence electrons. The molecule has 1 atom stereocenters. The number of anilines is 3. The summed E-state index contributed by atoms with van der Waals surface area (Å²) in [5, 5.41) is 7.14. The Kier molecular flexibility index (Phi) is 9.84. The Labute approximate surface area is 278 Å². The lowest BCUT2D eigenvalue weighted by atomic mass is 10.0. The van der Waals surface area contributed by atoms with Crippen LogP contribution in [0.25, 0.3) is 22.0 Å². The molecule has 2 fully saturated rings. The molecule has 5 heterocycles. The van der Waals surface area contributed by atoms with E-state index >= 15 is 0 Å². The number of aryl methyl sites for hydroxylation is 1. The van der Waals surface area contributed by atoms with Crippen molar-refractivity contribution < 1.29 is 17.9 Å². The third-order valence-electron chi connectivity index (χ3n) is 8.54. The van der Waals surface area contributed by atoms with Gasteiger partial charge in [-0.15, -0.1) is 0 Å². The molecule has 2 saturated heterocycles. The van der Waals surface area contributed by atoms with Crippen LogP contribution in [-0.4, -0.2) is 128 Å². The van der Waals surface area contributed by atoms with Gasteiger partial charge in [0.2, 0.25) is 0 Å². The largest absolute Gasteiger partial charge is 0.453 e. The first kappa shape index (κ1) is 33.0. The van der Waals surface area contributed by atoms with E-state index in [1.54, 1.807) is 13.3 Å². The number of likely N-dealkylation sites (N-methyl/N-ethyl adjacent to an activating group) is 1. The van der Waals surface area contributed by atoms with Crippen molar-refractivity contribution in [3.05, 3.63) is 48.7 Å². The molecule has 1 amide bonds. The van der Waals surface area contributed by atoms with Crippen molar-refractivity contribution in [2.75, 3.05) is 88.6 Å². The number of ether oxygens (including phenoxy) is 1. The monoisotopic (exact) mass is 680 g/mol. The molecular formula is C31H40N10O4S2. The van der Waals surface area contributed by atoms with Gasteiger partial charge in [0.25, 0.3) is 10.0 Å². The fourth-order valence-electron chi connectivity index (χ4n) is 6.00. The molecule has 0 unspecified atom stereocenters. The summed E-state index contributed by atoms with van der Waals surface area (Å²) in [6.07, 6.45) is 4.72. The van der Waals surface area contributed by atoms with Gasteiger partial charge in [-0.05, 0) is 33.0 Å². The van der Waals surface area contributed by atoms with Crippen LogP contribution >= 0.6 is 11.3 Å². The van der Waals surface area contributed by atoms with Gasteiger partial charge in [0.15, 0.2) is 9.34 Å². The van der Waals surface area contributed by atoms with Gasteiger partial charge in [0.1, 0.15) is 12.1 Å². The van der Waals surface area contributed by atoms with Crippen LogP contribution in [0.3, 0.4) is 0 Å². The first-order valence-corrected chi connectivity index (χ1v) is 17.8. The number of piperazine rings is 2. The number of sulfonamides is 1. The average molecular weight is 681 g/mol. The molecule has 0 saturated carbocycles. The van der Waals surface area contributed by atoms with Crippen LogP contribution in [-0.2, 0) is 14.8 Å². The number of hydrogen-bond donors (Lipinski definition) is 2. The summed E-state index contributed by atoms with van der Waals surface area (Å²) < 4.78 is 33.0. The van der Waals surface area contributed by atoms with E-state index in [1.165, 1.54) is 11.4 Å². The fraction of sp³-hybridized carbons (Fsp3) is 0.452. The minimum atomic E-state index is -3.75. The molecule has 14 nitrogen and oxygen atoms in total. The Bertz CT molecular complexity index is 1840. The number of para-hydroxylation sites is 1. The van der Waals surface area contributed by atoms with Gasteiger partial charge in [0.05, 0.1) is 30.2 Å². The van der Waals surface area contributed by atoms with Crippen LogP contribution in [0.2, 0.25) is 0 Å². The highest BCUT2D eigenvalue weighted by Crippen LogP contribution is 2.33. The van der Waals surface area contributed by atoms with Gasteiger partial charge in [-0.1, -0.05) is 23.5 Å². The molecule has 47 heavy (non-hydrogen) atoms. The maximum atomic E-state index is 13.4. The lowest BCUT2D eigenvalue weighted by Crippen LogP contribution is -2.50. The number of aromatic nitrogens is 4. The van der Waals surface area contributed by atoms with Crippen molar-refractivity contribution in [2.24, 2.45) is 0 Å². The minimum absolute atomic E-state index is 0.0397. The second-order valence-corrected chi connectivity index (χ2v) is 15.0. The number of nitrogens with zero attached hydrogens (tertiary/aromatic N) is 8. The average Bonchev–Trinajstić information content (AvgIpc) is 3.45. The van der Waals surface area contributed by atoms with E-state index in [9.17, 15) is 13.2 Å². The van der Waals surface area contributed by atoms with E-state index in [4.69, 9.17) is 0 Å². The quantitative estimate of drug-likeness (QED) is 0.267. The summed E-state index contributed by atoms with van der Waals surface area (Å²) in [6.45, 7) is 10.3. The molecule has 4 aromatic rings. The zero-order valence-corrected chi connectivity index (χ0v) is 28.6. The van der Waals surface area contributed by atoms with Crippen LogP contribution in [0.15, 0.2) is 47.2 Å². The summed E-state index contributed by atoms with van der Waals surface area (Å²) in [5.41, 5.74) is 4.34. The maximum absolute atomic E-state index is 13.4. The molecule has 1 aromatic carbocycles. The van der Waals surface area contributed by atoms with Crippen LogP contribution in [0, 0.1) is 6.92 Å². The van der Waals surface area contributed by atoms with Gasteiger partial charge in [-0.3, -0.25) is 15.2 Å². The van der Waals surface area contributed by atoms with E-state index < -0.39 is 16.1 Å². The van der Waals surface area contributed by atoms with Crippen molar-refractivity contribution in [1.82, 2.24) is 34.0 Å². The molecular weight excluding hydrogens is 641 g/mol. The number of carbonyl (C=O) groups is 1. The summed E-state index contributed by atoms with van der Waals surface area (Å²) >= 11 is 0.928. The first-order chi connectivity index (χ1) is 22.6. The van der Waals surface area contributed by atoms with Crippen molar-refractivity contribution in [3.8, 4) is 11.1 Å². The third-order valence-corrected chi connectivity index (χ3v) is 12.1. The molecule has 2 N–H and O–H groups in total. The van der Waals surface area contributed by atoms with E-state index in [1.807, 2.05) is 24.5 Å². The number of nitrogens with one attached hydrogen (secondary N) is 2. The Balaban J connectivity index is 1.10. The third kappa shape index (κ3) is 7.31. The molecule has 16 heteroatoms. The van der Waals surface area contributed by atoms with E-state index in [0.717, 1.165) is 71.1 Å². The van der Waals surface area contributed by atoms with Gasteiger partial charge in [-0.25, -0.2) is 28.2 Å². The maximum Gasteiger partial charge on any atom is 0.413 e. The van der Waals surface area contributed by atoms with Gasteiger partial charge < -0.3 is 19.9 Å². The second kappa shape index (κ2) is 14.0. The molecule has 0 spiro atoms. The normalized spacial score (nSPS) is 17.5. The topological polar surface area (TPSA) is 149 Å². The number of fused-ring (bicyclic) bond motifs is 1. The highest BCUT2D eigenvalue weighted by molar-refractivity contribution is 7.91. The van der Waals surface area contributed by atoms with Gasteiger partial charge in [-0.2, -0.15) is 4.31 Å². The Morgan fingerprint density at radius 3 is 2.57 bits per heavy atom. The lowest BCUT2D eigenvalue weighted by molar-refractivity contribution is 0.184. The number of benzene rings is 1. The van der Waals surface area contributed by atoms with Crippen LogP contribution < -0.4 is 15.5 Å². The standard InChI is InChI=1S/C31H40N10O4S2/c1-21(19-39-10-14-41(15-11-39)47(43,44)29-22(2)36-30(46-29)37-31(42)45-4)35-28-26-7-5-6-25(27(26)33-20-34-28)23-16-24(18-32-17-23)40-12-8-38(3)9-13-40/h5-7,16-18,20-21H,8-15,19H2,1-4H3,(H,33,34,35)(H,36,37,42)/t21-/m0/s1. The summed E-state index contributed by atoms with van der Waals surface area (Å²) in [6, 6.07) is 8.36. The van der Waals surface area contributed by atoms with Crippen molar-refractivity contribution in [3.63, 3.8) is 0 Å². The highest BCUT2D eigenvalue weighted by Gasteiger charge is 2.32. The number of thiazole rings is 1. The van der Waals surface area contributed by atoms with E-state index in [2.05, 4.69) is 76.1 Å². The minimum Gasteiger partial charge on any atom is -0.453 e. The smallest absolute Gasteiger partial charge is 0.413 e. The van der Waals surface area contributed by atoms with Crippen molar-refractivity contribution >= 4 is 55.0 Å². The van der Waals surface area contributed by atoms with Gasteiger partial charge in [0, 0.05) is 87.7 Å². The Morgan fingerprint density at radius 2 is 1.83 bits per heavy atom. The Morgan fingerprint density at radius 1 is 1.06 bits per heavy atom. The molecule has 2 aliphatic rings. The number of carbonyl (C=O) groups excluding carboxylic acids is 1. The predicted molar refractivity (Wildman–Crippen MR) is 184 cm³/mol. The molecule has 2 aliphatic heterocycles. The fourth-order valence-corrected chi connectivity index (χ4v) is 8.96. The highest BCUT2D eigenvalue weighted by atomic mass is 32.2. The molecule has 6 rings (SSSR count). The van der Waals surface area contributed by atoms with Crippen LogP contribution in [0.1, 0.15) is 12.6 Å². The molecule has 0 bridgehead atoms. The lowest BCUT2D eigenvalue weighted by Gasteiger charge is -2.35. The van der Waals surface area contributed by atoms with Crippen LogP contribution in [0.5, 0.6) is 0 Å². The zero-order valence-electron chi connectivity index (χ0n) is 27.0. The molecule has 0 aliphatic carbocycles. The molecule has 0 radical (unpaired) electrons. The summed E-state index contributed by atoms with van der Waals surface area (Å²) in [4.78, 5) is 36.5. The number of rotatable bonds is 9. The number of amides is 1. The SMILES string of the molecule is COC(=O)Nc1nc(C)c(S(=O)(=O)N2CCN(C[C@H](C)Nc3ncnc4c(-c5cncc(N6CCN(C)CC6)c5)cccc34)CC2)s1. The number of methoxy groups -OCH3 is 1. The van der Waals surface area contributed by atoms with Crippen molar-refractivity contribution in [1.29, 1.82) is 0 Å². The van der Waals surface area contributed by atoms with Crippen LogP contribution in [0.4, 0.5) is 21.4 Å². The summed E-state index contributed by atoms with van der Waals surface area (Å²) in [5.74, 6) is 0.755. The first-order valence-electron chi connectivity index (χ1n) is 15.6. The van der Waals surface area contributed by atoms with Gasteiger partial charge >= 0.3 is 6.09 Å². The number of pyridine rings is 1. The Hall–Kier alpha value is -3.96. The summed E-state index contributed by atoms with van der Waals surface area (Å²) in [7, 11) is -0.359. The zero-order chi connectivity index (χ0) is 33.1. The second-order valence-electron chi connectivity index (χ2n) is 11.9. The van der Waals surface area contributed by atoms with Crippen molar-refractivity contribution in [2.45, 2.75) is 24.1 Å². The van der Waals surface area contributed by atoms with E-state index in [-0.39, 0.29) is 15.4 Å². The van der Waals surface area contributed by atoms with E-state index in [0.29, 0.717) is 38.4 Å². The number of hydrogen-bond acceptors (Lipinski definition) is 13. The molecule has 3 aromatic heterocycles. The predicted octanol–water partition coefficient (Wildman–Crippen LogP) is 3.19.